The summed E-state index contributed by atoms with van der Waals surface area (Å²) >= 11 is 0. The topological polar surface area (TPSA) is 329 Å². The van der Waals surface area contributed by atoms with Gasteiger partial charge in [0.2, 0.25) is 53.2 Å². The van der Waals surface area contributed by atoms with Crippen LogP contribution in [-0.2, 0) is 76.5 Å². The first-order valence-corrected chi connectivity index (χ1v) is 38.3. The minimum atomic E-state index is -3.68. The van der Waals surface area contributed by atoms with Gasteiger partial charge in [-0.3, -0.25) is 61.8 Å². The number of nitrogens with one attached hydrogen (secondary N) is 3. The lowest BCUT2D eigenvalue weighted by Crippen LogP contribution is -2.63. The van der Waals surface area contributed by atoms with Crippen molar-refractivity contribution in [2.45, 2.75) is 254 Å². The first kappa shape index (κ1) is 90.4. The fraction of sp³-hybridized carbons (Fsp3) is 0.847. The number of morpholine rings is 1. The second-order valence-corrected chi connectivity index (χ2v) is 31.9. The van der Waals surface area contributed by atoms with Crippen LogP contribution in [0.3, 0.4) is 0 Å². The maximum Gasteiger partial charge on any atom is 0.264 e. The fourth-order valence-electron chi connectivity index (χ4n) is 13.2. The molecule has 576 valence electrons. The number of rotatable bonds is 25. The number of carbonyl (C=O) groups is 11. The molecule has 2 saturated heterocycles. The Kier molecular flexibility index (Phi) is 38.7. The molecule has 2 fully saturated rings. The fourth-order valence-corrected chi connectivity index (χ4v) is 13.6. The number of aliphatic hydroxyl groups excluding tert-OH is 1. The summed E-state index contributed by atoms with van der Waals surface area (Å²) in [6, 6.07) is -11.7. The van der Waals surface area contributed by atoms with Crippen LogP contribution in [0.2, 0.25) is 0 Å². The normalized spacial score (nSPS) is 26.9. The van der Waals surface area contributed by atoms with Gasteiger partial charge in [-0.05, 0) is 114 Å². The Morgan fingerprint density at radius 1 is 0.530 bits per heavy atom. The largest absolute Gasteiger partial charge is 0.390 e. The standard InChI is InChI=1S/C72H130N10O17S/c1-24-54-70(92)76(17)51(15)68(90)81(22)62(52(16)98-34-29-27-31-82-32-36-97-37-33-82)59(84)42-53(46(8)9)69(91)77(18)55(38-43(2)3)58(83)41-49(13)64(86)73-50(14)67(89)78(19)56(39-44(4)5)71(93)79(20)57(40-45(6)7)72(94)80(21)61(47(10)11)66(88)75-60(65(87)74-54)63(85)48(12)30-26-25-28-35-99-100(23,95)96/h43-57,60-63,85H,24-42H2,1-23H3,(H,73,86)(H,74,87)(H,75,88)/t48-,49-,50-,51-,52-,53+,54+,55+,56+,57+,60+,61+,62+,63-/m1/s1. The van der Waals surface area contributed by atoms with Crippen LogP contribution >= 0.6 is 0 Å². The highest BCUT2D eigenvalue weighted by molar-refractivity contribution is 7.86. The van der Waals surface area contributed by atoms with E-state index >= 15 is 28.8 Å². The van der Waals surface area contributed by atoms with Crippen molar-refractivity contribution < 1.29 is 79.9 Å². The van der Waals surface area contributed by atoms with E-state index in [-0.39, 0.29) is 75.9 Å². The lowest BCUT2D eigenvalue weighted by atomic mass is 9.85. The van der Waals surface area contributed by atoms with Crippen molar-refractivity contribution in [3.63, 3.8) is 0 Å². The molecule has 0 aromatic carbocycles. The van der Waals surface area contributed by atoms with Crippen molar-refractivity contribution in [1.82, 2.24) is 50.2 Å². The zero-order valence-electron chi connectivity index (χ0n) is 64.9. The molecule has 0 unspecified atom stereocenters. The molecule has 2 rings (SSSR count). The van der Waals surface area contributed by atoms with Crippen molar-refractivity contribution in [1.29, 1.82) is 0 Å². The predicted octanol–water partition coefficient (Wildman–Crippen LogP) is 4.54. The summed E-state index contributed by atoms with van der Waals surface area (Å²) in [7, 11) is 4.90. The second kappa shape index (κ2) is 42.8. The van der Waals surface area contributed by atoms with Crippen molar-refractivity contribution in [3.05, 3.63) is 0 Å². The molecule has 14 atom stereocenters. The van der Waals surface area contributed by atoms with Crippen molar-refractivity contribution in [2.75, 3.05) is 94.6 Å². The minimum absolute atomic E-state index is 0.0435. The summed E-state index contributed by atoms with van der Waals surface area (Å²) in [5.74, 6) is -11.6. The highest BCUT2D eigenvalue weighted by atomic mass is 32.2. The summed E-state index contributed by atoms with van der Waals surface area (Å²) < 4.78 is 40.0. The van der Waals surface area contributed by atoms with E-state index in [1.807, 2.05) is 41.5 Å². The van der Waals surface area contributed by atoms with Gasteiger partial charge in [0.1, 0.15) is 48.3 Å². The van der Waals surface area contributed by atoms with E-state index in [1.165, 1.54) is 80.6 Å². The minimum Gasteiger partial charge on any atom is -0.390 e. The van der Waals surface area contributed by atoms with Crippen molar-refractivity contribution >= 4 is 74.8 Å². The smallest absolute Gasteiger partial charge is 0.264 e. The maximum absolute atomic E-state index is 15.2. The number of likely N-dealkylation sites (N-methyl/N-ethyl adjacent to an activating group) is 6. The van der Waals surface area contributed by atoms with Crippen molar-refractivity contribution in [2.24, 2.45) is 47.3 Å². The Labute approximate surface area is 598 Å². The molecule has 0 radical (unpaired) electrons. The highest BCUT2D eigenvalue weighted by Crippen LogP contribution is 2.28. The average Bonchev–Trinajstić information content (AvgIpc) is 0.816. The summed E-state index contributed by atoms with van der Waals surface area (Å²) in [6.07, 6.45) is 1.07. The molecule has 0 spiro atoms. The Balaban J connectivity index is 2.98. The molecule has 0 aromatic heterocycles. The third-order valence-electron chi connectivity index (χ3n) is 19.7. The molecule has 100 heavy (non-hydrogen) atoms. The third-order valence-corrected chi connectivity index (χ3v) is 20.3. The number of ether oxygens (including phenoxy) is 2. The second-order valence-electron chi connectivity index (χ2n) is 30.3. The highest BCUT2D eigenvalue weighted by Gasteiger charge is 2.45. The predicted molar refractivity (Wildman–Crippen MR) is 383 cm³/mol. The summed E-state index contributed by atoms with van der Waals surface area (Å²) in [4.78, 5) is 173. The van der Waals surface area contributed by atoms with Gasteiger partial charge in [0, 0.05) is 86.7 Å². The molecule has 0 aromatic rings. The van der Waals surface area contributed by atoms with Crippen LogP contribution in [0.4, 0.5) is 0 Å². The summed E-state index contributed by atoms with van der Waals surface area (Å²) in [5.41, 5.74) is 0. The zero-order valence-corrected chi connectivity index (χ0v) is 65.7. The molecular weight excluding hydrogens is 1310 g/mol. The SMILES string of the molecule is CC[C@@H]1NC(=O)[C@H]([C@H](O)[C@H](C)CCCCCOS(C)(=O)=O)NC(=O)[C@H](C(C)C)N(C)C(=O)[C@H](CC(C)C)N(C)C(=O)[C@H](CC(C)C)N(C)C(=O)[C@@H](C)NC(=O)[C@H](C)CC(=O)[C@H](CC(C)C)N(C)C(=O)[C@H](C(C)C)CC(=O)[C@H]([C@@H](C)OCCCCN2CCOCC2)N(C)C(=O)[C@@H](C)N(C)C1=O. The van der Waals surface area contributed by atoms with E-state index in [0.717, 1.165) is 37.2 Å². The monoisotopic (exact) mass is 1440 g/mol. The number of hydrogen-bond acceptors (Lipinski definition) is 18. The van der Waals surface area contributed by atoms with E-state index in [1.54, 1.807) is 55.4 Å². The van der Waals surface area contributed by atoms with Gasteiger partial charge in [0.05, 0.1) is 44.3 Å². The molecule has 2 aliphatic heterocycles. The van der Waals surface area contributed by atoms with Gasteiger partial charge < -0.3 is 59.9 Å². The van der Waals surface area contributed by atoms with Gasteiger partial charge in [-0.25, -0.2) is 0 Å². The number of Topliss-reactive ketones (excluding diaryl/α,β-unsaturated/α-hetero) is 2. The maximum atomic E-state index is 15.2. The molecular formula is C72H130N10O17S. The molecule has 27 nitrogen and oxygen atoms in total. The molecule has 4 N–H and O–H groups in total. The van der Waals surface area contributed by atoms with Crippen LogP contribution < -0.4 is 16.0 Å². The van der Waals surface area contributed by atoms with E-state index in [0.29, 0.717) is 38.9 Å². The molecule has 0 saturated carbocycles. The van der Waals surface area contributed by atoms with Crippen LogP contribution in [-0.4, -0.2) is 274 Å². The first-order valence-electron chi connectivity index (χ1n) is 36.4. The average molecular weight is 1440 g/mol. The van der Waals surface area contributed by atoms with Gasteiger partial charge in [0.25, 0.3) is 10.1 Å². The van der Waals surface area contributed by atoms with Gasteiger partial charge in [-0.15, -0.1) is 0 Å². The Bertz CT molecular complexity index is 2800. The molecule has 0 bridgehead atoms. The molecule has 28 heteroatoms. The molecule has 2 heterocycles. The van der Waals surface area contributed by atoms with Crippen LogP contribution in [0.25, 0.3) is 0 Å². The van der Waals surface area contributed by atoms with E-state index in [4.69, 9.17) is 13.7 Å². The Hall–Kier alpha value is -5.68. The Morgan fingerprint density at radius 2 is 1.04 bits per heavy atom. The van der Waals surface area contributed by atoms with Crippen molar-refractivity contribution in [3.8, 4) is 0 Å². The van der Waals surface area contributed by atoms with Crippen LogP contribution in [0, 0.1) is 47.3 Å². The van der Waals surface area contributed by atoms with E-state index in [9.17, 15) is 37.5 Å². The number of carbonyl (C=O) groups excluding carboxylic acids is 11. The molecule has 0 aliphatic carbocycles. The van der Waals surface area contributed by atoms with Gasteiger partial charge in [0.15, 0.2) is 11.6 Å². The van der Waals surface area contributed by atoms with E-state index < -0.39 is 171 Å². The number of amides is 9. The van der Waals surface area contributed by atoms with Crippen LogP contribution in [0.1, 0.15) is 188 Å². The Morgan fingerprint density at radius 3 is 1.56 bits per heavy atom. The van der Waals surface area contributed by atoms with Gasteiger partial charge in [-0.2, -0.15) is 8.42 Å². The first-order chi connectivity index (χ1) is 46.4. The zero-order chi connectivity index (χ0) is 76.5. The van der Waals surface area contributed by atoms with Gasteiger partial charge >= 0.3 is 0 Å². The lowest BCUT2D eigenvalue weighted by Gasteiger charge is -2.40. The quantitative estimate of drug-likeness (QED) is 0.0720. The summed E-state index contributed by atoms with van der Waals surface area (Å²) in [5, 5.41) is 20.5. The lowest BCUT2D eigenvalue weighted by molar-refractivity contribution is -0.154. The van der Waals surface area contributed by atoms with Crippen LogP contribution in [0.15, 0.2) is 0 Å². The number of nitrogens with zero attached hydrogens (tertiary/aromatic N) is 7. The summed E-state index contributed by atoms with van der Waals surface area (Å²) in [6.45, 7) is 31.4. The number of ketones is 2. The number of aliphatic hydroxyl groups is 1. The number of hydrogen-bond donors (Lipinski definition) is 4. The van der Waals surface area contributed by atoms with Gasteiger partial charge in [-0.1, -0.05) is 103 Å². The number of unbranched alkanes of at least 4 members (excludes halogenated alkanes) is 3. The van der Waals surface area contributed by atoms with E-state index in [2.05, 4.69) is 20.9 Å². The third kappa shape index (κ3) is 27.8. The molecule has 2 aliphatic rings. The molecule has 9 amide bonds. The van der Waals surface area contributed by atoms with Crippen LogP contribution in [0.5, 0.6) is 0 Å².